The van der Waals surface area contributed by atoms with Gasteiger partial charge in [-0.2, -0.15) is 13.2 Å². The Kier molecular flexibility index (Phi) is 8.30. The number of nitrogens with one attached hydrogen (secondary N) is 2. The zero-order chi connectivity index (χ0) is 27.5. The van der Waals surface area contributed by atoms with Crippen molar-refractivity contribution in [1.82, 2.24) is 29.7 Å². The summed E-state index contributed by atoms with van der Waals surface area (Å²) in [7, 11) is 3.28. The third-order valence-electron chi connectivity index (χ3n) is 5.52. The molecule has 37 heavy (non-hydrogen) atoms. The van der Waals surface area contributed by atoms with Crippen molar-refractivity contribution in [3.05, 3.63) is 47.4 Å². The minimum Gasteiger partial charge on any atom is -0.383 e. The molecule has 2 N–H and O–H groups in total. The van der Waals surface area contributed by atoms with Gasteiger partial charge in [0.2, 0.25) is 5.95 Å². The van der Waals surface area contributed by atoms with Crippen molar-refractivity contribution < 1.29 is 26.7 Å². The molecule has 1 aliphatic heterocycles. The van der Waals surface area contributed by atoms with Gasteiger partial charge in [-0.1, -0.05) is 18.5 Å². The van der Waals surface area contributed by atoms with E-state index in [-0.39, 0.29) is 28.9 Å². The molecular weight excluding hydrogens is 523 g/mol. The van der Waals surface area contributed by atoms with E-state index >= 15 is 0 Å². The van der Waals surface area contributed by atoms with Gasteiger partial charge in [-0.25, -0.2) is 28.7 Å². The zero-order valence-electron chi connectivity index (χ0n) is 20.0. The summed E-state index contributed by atoms with van der Waals surface area (Å²) in [6.45, 7) is 0.442. The number of alkyl halides is 5. The molecule has 2 aromatic rings. The molecule has 0 aliphatic carbocycles. The quantitative estimate of drug-likeness (QED) is 0.401. The molecular formula is C22H24ClF5N8O. The number of likely N-dealkylation sites (tertiary alicyclic amines) is 1. The normalized spacial score (nSPS) is 19.9. The predicted octanol–water partition coefficient (Wildman–Crippen LogP) is 3.85. The van der Waals surface area contributed by atoms with Crippen molar-refractivity contribution in [2.45, 2.75) is 31.5 Å². The first-order valence-corrected chi connectivity index (χ1v) is 11.3. The summed E-state index contributed by atoms with van der Waals surface area (Å²) in [6, 6.07) is -0.842. The second-order valence-corrected chi connectivity index (χ2v) is 9.25. The number of hydrogen-bond donors (Lipinski definition) is 2. The number of amides is 1. The van der Waals surface area contributed by atoms with Gasteiger partial charge >= 0.3 is 6.18 Å². The zero-order valence-corrected chi connectivity index (χ0v) is 20.8. The summed E-state index contributed by atoms with van der Waals surface area (Å²) in [6.07, 6.45) is 0.0201. The minimum atomic E-state index is -4.61. The summed E-state index contributed by atoms with van der Waals surface area (Å²) in [5.74, 6) is -5.09. The molecule has 0 aromatic carbocycles. The van der Waals surface area contributed by atoms with Crippen molar-refractivity contribution >= 4 is 34.7 Å². The Balaban J connectivity index is 1.86. The van der Waals surface area contributed by atoms with Crippen molar-refractivity contribution in [2.24, 2.45) is 5.92 Å². The number of aromatic nitrogens is 4. The first-order valence-electron chi connectivity index (χ1n) is 10.9. The molecule has 200 valence electrons. The highest BCUT2D eigenvalue weighted by Crippen LogP contribution is 2.35. The van der Waals surface area contributed by atoms with E-state index in [1.807, 2.05) is 0 Å². The number of carbonyl (C=O) groups excluding carboxylic acids is 1. The highest BCUT2D eigenvalue weighted by Gasteiger charge is 2.47. The Morgan fingerprint density at radius 3 is 2.35 bits per heavy atom. The van der Waals surface area contributed by atoms with E-state index in [9.17, 15) is 26.7 Å². The fraction of sp³-hybridized carbons (Fsp3) is 0.455. The Morgan fingerprint density at radius 1 is 1.22 bits per heavy atom. The van der Waals surface area contributed by atoms with Crippen LogP contribution < -0.4 is 5.32 Å². The number of rotatable bonds is 7. The highest BCUT2D eigenvalue weighted by molar-refractivity contribution is 6.54. The molecule has 0 radical (unpaired) electrons. The van der Waals surface area contributed by atoms with E-state index in [0.717, 1.165) is 4.90 Å². The Bertz CT molecular complexity index is 1160. The molecule has 15 heteroatoms. The summed E-state index contributed by atoms with van der Waals surface area (Å²) >= 11 is 5.83. The van der Waals surface area contributed by atoms with Crippen LogP contribution in [0.15, 0.2) is 31.0 Å². The van der Waals surface area contributed by atoms with Gasteiger partial charge in [0, 0.05) is 58.0 Å². The van der Waals surface area contributed by atoms with Crippen LogP contribution in [-0.2, 0) is 11.0 Å². The number of piperidine rings is 1. The van der Waals surface area contributed by atoms with Crippen LogP contribution in [0.2, 0.25) is 5.02 Å². The molecule has 2 aromatic heterocycles. The molecule has 1 amide bonds. The molecule has 1 aliphatic rings. The minimum absolute atomic E-state index is 0.00102. The first kappa shape index (κ1) is 28.2. The molecule has 0 saturated carbocycles. The van der Waals surface area contributed by atoms with Gasteiger partial charge < -0.3 is 15.1 Å². The largest absolute Gasteiger partial charge is 0.419 e. The number of halogens is 6. The van der Waals surface area contributed by atoms with Crippen LogP contribution in [0.3, 0.4) is 0 Å². The van der Waals surface area contributed by atoms with E-state index in [1.165, 1.54) is 25.5 Å². The van der Waals surface area contributed by atoms with Crippen molar-refractivity contribution in [1.29, 1.82) is 5.41 Å². The fourth-order valence-electron chi connectivity index (χ4n) is 3.84. The molecule has 3 heterocycles. The third kappa shape index (κ3) is 7.08. The number of anilines is 1. The Morgan fingerprint density at radius 2 is 1.81 bits per heavy atom. The van der Waals surface area contributed by atoms with Crippen LogP contribution >= 0.6 is 11.6 Å². The lowest BCUT2D eigenvalue weighted by Crippen LogP contribution is -2.59. The van der Waals surface area contributed by atoms with Gasteiger partial charge in [0.1, 0.15) is 5.71 Å². The van der Waals surface area contributed by atoms with Crippen LogP contribution in [-0.4, -0.2) is 80.5 Å². The second kappa shape index (κ2) is 10.9. The molecule has 1 saturated heterocycles. The third-order valence-corrected chi connectivity index (χ3v) is 5.72. The van der Waals surface area contributed by atoms with Gasteiger partial charge in [0.15, 0.2) is 5.82 Å². The molecule has 9 nitrogen and oxygen atoms in total. The summed E-state index contributed by atoms with van der Waals surface area (Å²) < 4.78 is 67.3. The van der Waals surface area contributed by atoms with E-state index < -0.39 is 54.2 Å². The van der Waals surface area contributed by atoms with Gasteiger partial charge in [0.05, 0.1) is 28.7 Å². The van der Waals surface area contributed by atoms with E-state index in [2.05, 4.69) is 25.3 Å². The molecule has 0 spiro atoms. The van der Waals surface area contributed by atoms with E-state index in [0.29, 0.717) is 12.4 Å². The predicted molar refractivity (Wildman–Crippen MR) is 126 cm³/mol. The van der Waals surface area contributed by atoms with Gasteiger partial charge in [0.25, 0.3) is 11.8 Å². The fourth-order valence-corrected chi connectivity index (χ4v) is 3.94. The molecule has 3 rings (SSSR count). The SMILES string of the molecule is C[C@@H]1CC(F)(F)CN(C(=O)C(=N)/C(=C\N(C)C)c2ncc(Cl)cn2)[C@@H]1CNc1ncc(C(F)(F)F)cn1. The smallest absolute Gasteiger partial charge is 0.383 e. The van der Waals surface area contributed by atoms with Gasteiger partial charge in [-0.15, -0.1) is 0 Å². The van der Waals surface area contributed by atoms with Crippen LogP contribution in [0.4, 0.5) is 27.9 Å². The summed E-state index contributed by atoms with van der Waals surface area (Å²) in [5, 5.41) is 11.5. The maximum absolute atomic E-state index is 14.5. The number of carbonyl (C=O) groups is 1. The summed E-state index contributed by atoms with van der Waals surface area (Å²) in [5.41, 5.74) is -1.67. The Labute approximate surface area is 214 Å². The second-order valence-electron chi connectivity index (χ2n) is 8.82. The first-order chi connectivity index (χ1) is 17.2. The average Bonchev–Trinajstić information content (AvgIpc) is 2.80. The highest BCUT2D eigenvalue weighted by atomic mass is 35.5. The van der Waals surface area contributed by atoms with Crippen LogP contribution in [0.1, 0.15) is 24.7 Å². The molecule has 1 fully saturated rings. The molecule has 0 bridgehead atoms. The van der Waals surface area contributed by atoms with Crippen molar-refractivity contribution in [3.63, 3.8) is 0 Å². The van der Waals surface area contributed by atoms with E-state index in [4.69, 9.17) is 17.0 Å². The van der Waals surface area contributed by atoms with Gasteiger partial charge in [-0.3, -0.25) is 10.2 Å². The van der Waals surface area contributed by atoms with Gasteiger partial charge in [-0.05, 0) is 5.92 Å². The number of nitrogens with zero attached hydrogens (tertiary/aromatic N) is 6. The lowest BCUT2D eigenvalue weighted by Gasteiger charge is -2.43. The van der Waals surface area contributed by atoms with Crippen molar-refractivity contribution in [2.75, 3.05) is 32.5 Å². The average molecular weight is 547 g/mol. The van der Waals surface area contributed by atoms with Crippen LogP contribution in [0.25, 0.3) is 5.57 Å². The van der Waals surface area contributed by atoms with Crippen LogP contribution in [0, 0.1) is 11.3 Å². The number of hydrogen-bond acceptors (Lipinski definition) is 8. The van der Waals surface area contributed by atoms with Crippen molar-refractivity contribution in [3.8, 4) is 0 Å². The standard InChI is InChI=1S/C22H24ClF5N8O/c1-12-4-21(24,25)11-36(16(12)9-34-20-32-5-13(6-33-20)22(26,27)28)19(37)17(29)15(10-35(2)3)18-30-7-14(23)8-31-18/h5-8,10,12,16,29H,4,9,11H2,1-3H3,(H,32,33,34)/b15-10+,29-17?/t12-,16-/m1/s1. The van der Waals surface area contributed by atoms with Crippen LogP contribution in [0.5, 0.6) is 0 Å². The maximum Gasteiger partial charge on any atom is 0.419 e. The van der Waals surface area contributed by atoms with E-state index in [1.54, 1.807) is 19.0 Å². The lowest BCUT2D eigenvalue weighted by molar-refractivity contribution is -0.145. The maximum atomic E-state index is 14.5. The molecule has 2 atom stereocenters. The summed E-state index contributed by atoms with van der Waals surface area (Å²) in [4.78, 5) is 31.2. The topological polar surface area (TPSA) is 111 Å². The monoisotopic (exact) mass is 546 g/mol. The Hall–Kier alpha value is -3.42. The lowest BCUT2D eigenvalue weighted by atomic mass is 9.87. The molecule has 0 unspecified atom stereocenters.